The van der Waals surface area contributed by atoms with Crippen LogP contribution in [0.25, 0.3) is 10.9 Å². The Bertz CT molecular complexity index is 659. The number of nitrogens with two attached hydrogens (primary N) is 1. The summed E-state index contributed by atoms with van der Waals surface area (Å²) in [6.45, 7) is 0.520. The summed E-state index contributed by atoms with van der Waals surface area (Å²) in [6, 6.07) is 8.04. The summed E-state index contributed by atoms with van der Waals surface area (Å²) in [4.78, 5) is 14.8. The summed E-state index contributed by atoms with van der Waals surface area (Å²) in [5, 5.41) is 13.9. The summed E-state index contributed by atoms with van der Waals surface area (Å²) in [5.74, 6) is -0.746. The van der Waals surface area contributed by atoms with Gasteiger partial charge in [0.25, 0.3) is 0 Å². The van der Waals surface area contributed by atoms with Gasteiger partial charge in [-0.15, -0.1) is 0 Å². The van der Waals surface area contributed by atoms with Crippen LogP contribution in [0.1, 0.15) is 31.2 Å². The Balaban J connectivity index is 1.63. The van der Waals surface area contributed by atoms with Crippen LogP contribution < -0.4 is 11.1 Å². The lowest BCUT2D eigenvalue weighted by molar-refractivity contribution is -0.144. The van der Waals surface area contributed by atoms with Crippen LogP contribution in [-0.4, -0.2) is 34.2 Å². The predicted molar refractivity (Wildman–Crippen MR) is 86.8 cm³/mol. The van der Waals surface area contributed by atoms with Gasteiger partial charge in [-0.2, -0.15) is 0 Å². The first-order valence-electron chi connectivity index (χ1n) is 7.90. The van der Waals surface area contributed by atoms with Gasteiger partial charge < -0.3 is 21.1 Å². The van der Waals surface area contributed by atoms with Crippen molar-refractivity contribution >= 4 is 16.9 Å². The molecule has 1 aromatic heterocycles. The van der Waals surface area contributed by atoms with Crippen LogP contribution in [-0.2, 0) is 11.2 Å². The molecule has 5 nitrogen and oxygen atoms in total. The van der Waals surface area contributed by atoms with Gasteiger partial charge in [0, 0.05) is 29.7 Å². The molecule has 0 unspecified atom stereocenters. The van der Waals surface area contributed by atoms with E-state index in [9.17, 15) is 9.90 Å². The minimum absolute atomic E-state index is 0.101. The second-order valence-corrected chi connectivity index (χ2v) is 6.30. The van der Waals surface area contributed by atoms with Crippen molar-refractivity contribution in [3.05, 3.63) is 36.0 Å². The maximum absolute atomic E-state index is 11.5. The number of H-pyrrole nitrogens is 1. The number of aromatic nitrogens is 1. The van der Waals surface area contributed by atoms with Gasteiger partial charge in [0.05, 0.1) is 0 Å². The number of carboxylic acids is 1. The van der Waals surface area contributed by atoms with Crippen molar-refractivity contribution < 1.29 is 9.90 Å². The highest BCUT2D eigenvalue weighted by atomic mass is 16.4. The smallest absolute Gasteiger partial charge is 0.323 e. The van der Waals surface area contributed by atoms with Crippen molar-refractivity contribution in [1.82, 2.24) is 10.3 Å². The Morgan fingerprint density at radius 1 is 1.36 bits per heavy atom. The van der Waals surface area contributed by atoms with Gasteiger partial charge in [0.1, 0.15) is 5.54 Å². The van der Waals surface area contributed by atoms with E-state index in [-0.39, 0.29) is 6.04 Å². The molecule has 5 heteroatoms. The molecule has 0 bridgehead atoms. The maximum Gasteiger partial charge on any atom is 0.323 e. The van der Waals surface area contributed by atoms with Gasteiger partial charge in [-0.05, 0) is 30.9 Å². The summed E-state index contributed by atoms with van der Waals surface area (Å²) in [6.07, 6.45) is 6.05. The van der Waals surface area contributed by atoms with Crippen LogP contribution in [0.3, 0.4) is 0 Å². The van der Waals surface area contributed by atoms with E-state index in [0.717, 1.165) is 24.8 Å². The predicted octanol–water partition coefficient (Wildman–Crippen LogP) is 2.02. The van der Waals surface area contributed by atoms with Crippen LogP contribution in [0.15, 0.2) is 30.5 Å². The van der Waals surface area contributed by atoms with E-state index in [0.29, 0.717) is 19.4 Å². The molecule has 1 saturated carbocycles. The van der Waals surface area contributed by atoms with Crippen molar-refractivity contribution in [2.75, 3.05) is 6.54 Å². The number of para-hydroxylation sites is 1. The van der Waals surface area contributed by atoms with E-state index in [2.05, 4.69) is 16.4 Å². The lowest BCUT2D eigenvalue weighted by Gasteiger charge is -2.27. The number of hydrogen-bond donors (Lipinski definition) is 4. The summed E-state index contributed by atoms with van der Waals surface area (Å²) < 4.78 is 0. The zero-order chi connectivity index (χ0) is 15.6. The highest BCUT2D eigenvalue weighted by molar-refractivity contribution is 5.83. The first kappa shape index (κ1) is 15.1. The molecule has 1 heterocycles. The normalized spacial score (nSPS) is 18.6. The molecule has 0 spiro atoms. The van der Waals surface area contributed by atoms with E-state index >= 15 is 0 Å². The molecule has 1 aromatic carbocycles. The number of rotatable bonds is 6. The third-order valence-corrected chi connectivity index (χ3v) is 4.73. The molecule has 0 aliphatic heterocycles. The number of aliphatic carboxylic acids is 1. The van der Waals surface area contributed by atoms with Crippen molar-refractivity contribution in [3.8, 4) is 0 Å². The second-order valence-electron chi connectivity index (χ2n) is 6.30. The maximum atomic E-state index is 11.5. The molecular formula is C17H23N3O2. The van der Waals surface area contributed by atoms with Crippen molar-refractivity contribution in [3.63, 3.8) is 0 Å². The molecule has 1 aliphatic rings. The summed E-state index contributed by atoms with van der Waals surface area (Å²) in [5.41, 5.74) is 7.75. The van der Waals surface area contributed by atoms with E-state index in [4.69, 9.17) is 5.73 Å². The van der Waals surface area contributed by atoms with Crippen molar-refractivity contribution in [2.24, 2.45) is 5.73 Å². The summed E-state index contributed by atoms with van der Waals surface area (Å²) >= 11 is 0. The molecule has 3 rings (SSSR count). The van der Waals surface area contributed by atoms with Gasteiger partial charge in [0.2, 0.25) is 0 Å². The Morgan fingerprint density at radius 3 is 2.82 bits per heavy atom. The van der Waals surface area contributed by atoms with E-state index in [1.54, 1.807) is 0 Å². The number of aromatic amines is 1. The monoisotopic (exact) mass is 301 g/mol. The fraction of sp³-hybridized carbons (Fsp3) is 0.471. The van der Waals surface area contributed by atoms with Crippen molar-refractivity contribution in [1.29, 1.82) is 0 Å². The molecule has 1 atom stereocenters. The Hall–Kier alpha value is -1.85. The van der Waals surface area contributed by atoms with E-state index < -0.39 is 11.5 Å². The van der Waals surface area contributed by atoms with E-state index in [1.807, 2.05) is 24.4 Å². The van der Waals surface area contributed by atoms with Gasteiger partial charge >= 0.3 is 5.97 Å². The quantitative estimate of drug-likeness (QED) is 0.657. The lowest BCUT2D eigenvalue weighted by Crippen LogP contribution is -2.53. The third-order valence-electron chi connectivity index (χ3n) is 4.73. The molecule has 0 amide bonds. The Morgan fingerprint density at radius 2 is 2.09 bits per heavy atom. The molecule has 118 valence electrons. The largest absolute Gasteiger partial charge is 0.480 e. The van der Waals surface area contributed by atoms with Crippen LogP contribution >= 0.6 is 0 Å². The summed E-state index contributed by atoms with van der Waals surface area (Å²) in [7, 11) is 0. The average Bonchev–Trinajstić information content (AvgIpc) is 3.14. The molecule has 0 radical (unpaired) electrons. The molecule has 22 heavy (non-hydrogen) atoms. The number of carboxylic acid groups (broad SMARTS) is 1. The number of carbonyl (C=O) groups is 1. The highest BCUT2D eigenvalue weighted by Gasteiger charge is 2.40. The second kappa shape index (κ2) is 6.10. The molecule has 1 fully saturated rings. The van der Waals surface area contributed by atoms with Crippen LogP contribution in [0.5, 0.6) is 0 Å². The number of benzene rings is 1. The van der Waals surface area contributed by atoms with Crippen LogP contribution in [0.4, 0.5) is 0 Å². The number of fused-ring (bicyclic) bond motifs is 1. The molecule has 0 saturated heterocycles. The topological polar surface area (TPSA) is 91.1 Å². The van der Waals surface area contributed by atoms with Crippen LogP contribution in [0.2, 0.25) is 0 Å². The van der Waals surface area contributed by atoms with Gasteiger partial charge in [-0.25, -0.2) is 0 Å². The fourth-order valence-electron chi connectivity index (χ4n) is 3.43. The standard InChI is InChI=1S/C17H23N3O2/c18-13(11-20-17(16(21)22)7-3-4-8-17)9-12-10-19-15-6-2-1-5-14(12)15/h1-2,5-6,10,13,19-20H,3-4,7-9,11,18H2,(H,21,22)/t13-/m1/s1. The minimum atomic E-state index is -0.766. The average molecular weight is 301 g/mol. The molecule has 1 aliphatic carbocycles. The molecule has 5 N–H and O–H groups in total. The molecule has 2 aromatic rings. The Labute approximate surface area is 129 Å². The van der Waals surface area contributed by atoms with Gasteiger partial charge in [-0.3, -0.25) is 4.79 Å². The van der Waals surface area contributed by atoms with Crippen molar-refractivity contribution in [2.45, 2.75) is 43.7 Å². The SMILES string of the molecule is N[C@@H](CNC1(C(=O)O)CCCC1)Cc1c[nH]c2ccccc12. The number of nitrogens with one attached hydrogen (secondary N) is 2. The number of hydrogen-bond acceptors (Lipinski definition) is 3. The lowest BCUT2D eigenvalue weighted by atomic mass is 9.96. The van der Waals surface area contributed by atoms with Gasteiger partial charge in [-0.1, -0.05) is 31.0 Å². The molecular weight excluding hydrogens is 278 g/mol. The zero-order valence-corrected chi connectivity index (χ0v) is 12.6. The zero-order valence-electron chi connectivity index (χ0n) is 12.6. The fourth-order valence-corrected chi connectivity index (χ4v) is 3.43. The van der Waals surface area contributed by atoms with Crippen LogP contribution in [0, 0.1) is 0 Å². The van der Waals surface area contributed by atoms with E-state index in [1.165, 1.54) is 10.9 Å². The first-order chi connectivity index (χ1) is 10.6. The third kappa shape index (κ3) is 2.87. The highest BCUT2D eigenvalue weighted by Crippen LogP contribution is 2.30. The Kier molecular flexibility index (Phi) is 4.18. The van der Waals surface area contributed by atoms with Gasteiger partial charge in [0.15, 0.2) is 0 Å². The first-order valence-corrected chi connectivity index (χ1v) is 7.90. The minimum Gasteiger partial charge on any atom is -0.480 e.